The number of para-hydroxylation sites is 1. The fourth-order valence-corrected chi connectivity index (χ4v) is 3.03. The lowest BCUT2D eigenvalue weighted by molar-refractivity contribution is 0.0944. The molecule has 1 heterocycles. The van der Waals surface area contributed by atoms with Crippen LogP contribution in [0.15, 0.2) is 91.1 Å². The number of benzene rings is 3. The maximum atomic E-state index is 13.3. The zero-order valence-electron chi connectivity index (χ0n) is 16.5. The second kappa shape index (κ2) is 9.04. The van der Waals surface area contributed by atoms with Crippen LogP contribution in [0.25, 0.3) is 5.69 Å². The van der Waals surface area contributed by atoms with E-state index in [1.54, 1.807) is 35.1 Å². The van der Waals surface area contributed by atoms with Crippen molar-refractivity contribution in [3.63, 3.8) is 0 Å². The first-order chi connectivity index (χ1) is 15.1. The summed E-state index contributed by atoms with van der Waals surface area (Å²) in [5, 5.41) is 9.86. The number of hydrogen-bond acceptors (Lipinski definition) is 3. The highest BCUT2D eigenvalue weighted by molar-refractivity contribution is 6.04. The van der Waals surface area contributed by atoms with Crippen molar-refractivity contribution in [1.29, 1.82) is 0 Å². The molecule has 6 nitrogen and oxygen atoms in total. The maximum Gasteiger partial charge on any atom is 0.272 e. The number of nitrogens with one attached hydrogen (secondary N) is 2. The van der Waals surface area contributed by atoms with Crippen LogP contribution < -0.4 is 10.6 Å². The van der Waals surface area contributed by atoms with Gasteiger partial charge in [0.15, 0.2) is 5.69 Å². The van der Waals surface area contributed by atoms with Crippen LogP contribution >= 0.6 is 0 Å². The van der Waals surface area contributed by atoms with Crippen molar-refractivity contribution in [2.45, 2.75) is 6.54 Å². The van der Waals surface area contributed by atoms with Gasteiger partial charge in [0.2, 0.25) is 0 Å². The molecule has 1 aromatic heterocycles. The molecule has 0 saturated carbocycles. The first-order valence-corrected chi connectivity index (χ1v) is 9.64. The van der Waals surface area contributed by atoms with Crippen molar-refractivity contribution < 1.29 is 14.0 Å². The Balaban J connectivity index is 1.37. The average Bonchev–Trinajstić information content (AvgIpc) is 3.29. The van der Waals surface area contributed by atoms with Crippen molar-refractivity contribution in [2.24, 2.45) is 0 Å². The SMILES string of the molecule is O=C(Nc1cccc(CNC(=O)c2ccn(-c3ccccc3)n2)c1)c1cccc(F)c1. The summed E-state index contributed by atoms with van der Waals surface area (Å²) in [5.41, 5.74) is 2.75. The first kappa shape index (κ1) is 20.0. The van der Waals surface area contributed by atoms with Crippen LogP contribution in [0.5, 0.6) is 0 Å². The summed E-state index contributed by atoms with van der Waals surface area (Å²) in [6, 6.07) is 23.7. The van der Waals surface area contributed by atoms with E-state index in [4.69, 9.17) is 0 Å². The number of carbonyl (C=O) groups excluding carboxylic acids is 2. The van der Waals surface area contributed by atoms with Gasteiger partial charge in [-0.2, -0.15) is 5.10 Å². The highest BCUT2D eigenvalue weighted by Crippen LogP contribution is 2.13. The molecule has 0 fully saturated rings. The van der Waals surface area contributed by atoms with Crippen molar-refractivity contribution in [1.82, 2.24) is 15.1 Å². The summed E-state index contributed by atoms with van der Waals surface area (Å²) in [6.45, 7) is 0.265. The van der Waals surface area contributed by atoms with Gasteiger partial charge in [-0.05, 0) is 54.1 Å². The molecule has 7 heteroatoms. The third kappa shape index (κ3) is 5.02. The Labute approximate surface area is 178 Å². The third-order valence-corrected chi connectivity index (χ3v) is 4.57. The fraction of sp³-hybridized carbons (Fsp3) is 0.0417. The molecule has 0 spiro atoms. The molecule has 3 aromatic carbocycles. The molecule has 0 unspecified atom stereocenters. The van der Waals surface area contributed by atoms with Gasteiger partial charge < -0.3 is 10.6 Å². The topological polar surface area (TPSA) is 76.0 Å². The number of aromatic nitrogens is 2. The number of nitrogens with zero attached hydrogens (tertiary/aromatic N) is 2. The quantitative estimate of drug-likeness (QED) is 0.497. The number of anilines is 1. The summed E-state index contributed by atoms with van der Waals surface area (Å²) in [4.78, 5) is 24.7. The fourth-order valence-electron chi connectivity index (χ4n) is 3.03. The van der Waals surface area contributed by atoms with Crippen molar-refractivity contribution >= 4 is 17.5 Å². The third-order valence-electron chi connectivity index (χ3n) is 4.57. The van der Waals surface area contributed by atoms with Crippen LogP contribution in [0.4, 0.5) is 10.1 Å². The van der Waals surface area contributed by atoms with Gasteiger partial charge in [0.05, 0.1) is 5.69 Å². The Bertz CT molecular complexity index is 1220. The monoisotopic (exact) mass is 414 g/mol. The average molecular weight is 414 g/mol. The first-order valence-electron chi connectivity index (χ1n) is 9.64. The van der Waals surface area contributed by atoms with Gasteiger partial charge in [-0.1, -0.05) is 36.4 Å². The van der Waals surface area contributed by atoms with Crippen molar-refractivity contribution in [3.05, 3.63) is 114 Å². The minimum atomic E-state index is -0.473. The molecule has 0 aliphatic carbocycles. The molecular formula is C24H19FN4O2. The molecule has 0 aliphatic rings. The smallest absolute Gasteiger partial charge is 0.272 e. The van der Waals surface area contributed by atoms with E-state index in [0.717, 1.165) is 11.3 Å². The minimum Gasteiger partial charge on any atom is -0.347 e. The lowest BCUT2D eigenvalue weighted by Crippen LogP contribution is -2.23. The van der Waals surface area contributed by atoms with Gasteiger partial charge >= 0.3 is 0 Å². The minimum absolute atomic E-state index is 0.229. The number of rotatable bonds is 6. The van der Waals surface area contributed by atoms with E-state index in [9.17, 15) is 14.0 Å². The Morgan fingerprint density at radius 2 is 1.68 bits per heavy atom. The van der Waals surface area contributed by atoms with Crippen LogP contribution in [-0.4, -0.2) is 21.6 Å². The van der Waals surface area contributed by atoms with Crippen molar-refractivity contribution in [2.75, 3.05) is 5.32 Å². The molecule has 4 rings (SSSR count). The van der Waals surface area contributed by atoms with E-state index < -0.39 is 11.7 Å². The van der Waals surface area contributed by atoms with E-state index >= 15 is 0 Å². The molecule has 0 bridgehead atoms. The Kier molecular flexibility index (Phi) is 5.84. The van der Waals surface area contributed by atoms with E-state index in [1.165, 1.54) is 24.3 Å². The van der Waals surface area contributed by atoms with Crippen LogP contribution in [0.1, 0.15) is 26.4 Å². The van der Waals surface area contributed by atoms with E-state index in [2.05, 4.69) is 15.7 Å². The highest BCUT2D eigenvalue weighted by Gasteiger charge is 2.11. The lowest BCUT2D eigenvalue weighted by Gasteiger charge is -2.08. The number of amides is 2. The standard InChI is InChI=1S/C24H19FN4O2/c25-19-8-5-7-18(15-19)23(30)27-20-9-4-6-17(14-20)16-26-24(31)22-12-13-29(28-22)21-10-2-1-3-11-21/h1-15H,16H2,(H,26,31)(H,27,30). The second-order valence-electron chi connectivity index (χ2n) is 6.83. The molecule has 2 amide bonds. The zero-order chi connectivity index (χ0) is 21.6. The molecule has 31 heavy (non-hydrogen) atoms. The number of hydrogen-bond donors (Lipinski definition) is 2. The van der Waals surface area contributed by atoms with Gasteiger partial charge in [0.25, 0.3) is 11.8 Å². The molecule has 0 saturated heterocycles. The summed E-state index contributed by atoms with van der Waals surface area (Å²) in [7, 11) is 0. The summed E-state index contributed by atoms with van der Waals surface area (Å²) in [5.74, 6) is -1.19. The van der Waals surface area contributed by atoms with Crippen LogP contribution in [-0.2, 0) is 6.54 Å². The normalized spacial score (nSPS) is 10.5. The summed E-state index contributed by atoms with van der Waals surface area (Å²) < 4.78 is 15.0. The van der Waals surface area contributed by atoms with Crippen LogP contribution in [0.3, 0.4) is 0 Å². The van der Waals surface area contributed by atoms with Gasteiger partial charge in [-0.25, -0.2) is 9.07 Å². The number of carbonyl (C=O) groups is 2. The van der Waals surface area contributed by atoms with Crippen molar-refractivity contribution in [3.8, 4) is 5.69 Å². The van der Waals surface area contributed by atoms with Gasteiger partial charge in [0.1, 0.15) is 5.82 Å². The molecule has 0 atom stereocenters. The summed E-state index contributed by atoms with van der Waals surface area (Å²) >= 11 is 0. The zero-order valence-corrected chi connectivity index (χ0v) is 16.5. The Hall–Kier alpha value is -4.26. The van der Waals surface area contributed by atoms with Gasteiger partial charge in [-0.3, -0.25) is 9.59 Å². The van der Waals surface area contributed by atoms with E-state index in [1.807, 2.05) is 36.4 Å². The van der Waals surface area contributed by atoms with Gasteiger partial charge in [0, 0.05) is 24.0 Å². The maximum absolute atomic E-state index is 13.3. The predicted octanol–water partition coefficient (Wildman–Crippen LogP) is 4.19. The largest absolute Gasteiger partial charge is 0.347 e. The van der Waals surface area contributed by atoms with Crippen LogP contribution in [0, 0.1) is 5.82 Å². The molecular weight excluding hydrogens is 395 g/mol. The predicted molar refractivity (Wildman–Crippen MR) is 116 cm³/mol. The molecule has 154 valence electrons. The molecule has 4 aromatic rings. The number of halogens is 1. The van der Waals surface area contributed by atoms with E-state index in [-0.39, 0.29) is 18.0 Å². The second-order valence-corrected chi connectivity index (χ2v) is 6.83. The molecule has 0 aliphatic heterocycles. The lowest BCUT2D eigenvalue weighted by atomic mass is 10.1. The van der Waals surface area contributed by atoms with Gasteiger partial charge in [-0.15, -0.1) is 0 Å². The summed E-state index contributed by atoms with van der Waals surface area (Å²) in [6.07, 6.45) is 1.73. The molecule has 0 radical (unpaired) electrons. The Morgan fingerprint density at radius 3 is 2.48 bits per heavy atom. The van der Waals surface area contributed by atoms with Crippen LogP contribution in [0.2, 0.25) is 0 Å². The molecule has 2 N–H and O–H groups in total. The highest BCUT2D eigenvalue weighted by atomic mass is 19.1. The van der Waals surface area contributed by atoms with E-state index in [0.29, 0.717) is 11.4 Å². The Morgan fingerprint density at radius 1 is 0.871 bits per heavy atom.